The van der Waals surface area contributed by atoms with Gasteiger partial charge in [-0.1, -0.05) is 47.7 Å². The summed E-state index contributed by atoms with van der Waals surface area (Å²) in [7, 11) is 2.01. The van der Waals surface area contributed by atoms with Gasteiger partial charge in [-0.05, 0) is 18.4 Å². The number of benzene rings is 1. The normalized spacial score (nSPS) is 11.1. The van der Waals surface area contributed by atoms with E-state index >= 15 is 0 Å². The highest BCUT2D eigenvalue weighted by Gasteiger charge is 2.13. The van der Waals surface area contributed by atoms with Crippen molar-refractivity contribution in [2.24, 2.45) is 7.05 Å². The third-order valence-corrected chi connectivity index (χ3v) is 6.64. The molecular weight excluding hydrogens is 368 g/mol. The number of aryl methyl sites for hydroxylation is 1. The van der Waals surface area contributed by atoms with E-state index in [1.165, 1.54) is 11.1 Å². The Bertz CT molecular complexity index is 968. The predicted octanol–water partition coefficient (Wildman–Crippen LogP) is 5.27. The minimum atomic E-state index is 0.790. The minimum absolute atomic E-state index is 0.790. The Morgan fingerprint density at radius 2 is 1.92 bits per heavy atom. The maximum Gasteiger partial charge on any atom is 0.191 e. The molecule has 0 radical (unpaired) electrons. The molecule has 0 atom stereocenters. The number of thioether (sulfide) groups is 1. The van der Waals surface area contributed by atoms with Crippen molar-refractivity contribution in [2.75, 3.05) is 0 Å². The molecule has 4 rings (SSSR count). The molecule has 0 saturated carbocycles. The van der Waals surface area contributed by atoms with Gasteiger partial charge in [-0.25, -0.2) is 4.98 Å². The zero-order chi connectivity index (χ0) is 17.2. The molecule has 7 heteroatoms. The Kier molecular flexibility index (Phi) is 4.70. The molecule has 0 fully saturated rings. The van der Waals surface area contributed by atoms with Crippen LogP contribution in [0.25, 0.3) is 21.3 Å². The van der Waals surface area contributed by atoms with Crippen LogP contribution in [0.4, 0.5) is 0 Å². The molecule has 0 saturated heterocycles. The maximum absolute atomic E-state index is 4.75. The molecular formula is C18H16N4S3. The van der Waals surface area contributed by atoms with Gasteiger partial charge in [0.25, 0.3) is 0 Å². The first kappa shape index (κ1) is 16.5. The predicted molar refractivity (Wildman–Crippen MR) is 106 cm³/mol. The van der Waals surface area contributed by atoms with Crippen molar-refractivity contribution in [3.8, 4) is 21.3 Å². The summed E-state index contributed by atoms with van der Waals surface area (Å²) in [5.74, 6) is 1.70. The van der Waals surface area contributed by atoms with Crippen LogP contribution in [0.1, 0.15) is 11.3 Å². The highest BCUT2D eigenvalue weighted by molar-refractivity contribution is 7.98. The van der Waals surface area contributed by atoms with E-state index < -0.39 is 0 Å². The first-order valence-corrected chi connectivity index (χ1v) is 10.5. The second-order valence-corrected chi connectivity index (χ2v) is 8.39. The molecule has 3 heterocycles. The molecule has 0 spiro atoms. The third kappa shape index (κ3) is 3.53. The number of thiazole rings is 1. The molecule has 0 unspecified atom stereocenters. The van der Waals surface area contributed by atoms with Crippen LogP contribution in [0.5, 0.6) is 0 Å². The smallest absolute Gasteiger partial charge is 0.191 e. The lowest BCUT2D eigenvalue weighted by Crippen LogP contribution is -1.94. The molecule has 0 amide bonds. The molecule has 0 aliphatic rings. The number of rotatable bonds is 5. The number of thiophene rings is 1. The van der Waals surface area contributed by atoms with Crippen LogP contribution in [0.3, 0.4) is 0 Å². The Morgan fingerprint density at radius 3 is 2.68 bits per heavy atom. The van der Waals surface area contributed by atoms with Crippen LogP contribution in [-0.4, -0.2) is 19.7 Å². The fourth-order valence-corrected chi connectivity index (χ4v) is 4.88. The van der Waals surface area contributed by atoms with Crippen molar-refractivity contribution in [1.82, 2.24) is 19.7 Å². The van der Waals surface area contributed by atoms with Crippen molar-refractivity contribution < 1.29 is 0 Å². The van der Waals surface area contributed by atoms with E-state index in [1.807, 2.05) is 17.7 Å². The second kappa shape index (κ2) is 7.11. The maximum atomic E-state index is 4.75. The molecule has 0 aliphatic carbocycles. The average Bonchev–Trinajstić information content (AvgIpc) is 3.34. The molecule has 1 aromatic carbocycles. The van der Waals surface area contributed by atoms with Crippen LogP contribution < -0.4 is 0 Å². The van der Waals surface area contributed by atoms with Crippen LogP contribution in [-0.2, 0) is 12.8 Å². The lowest BCUT2D eigenvalue weighted by atomic mass is 10.2. The Balaban J connectivity index is 1.46. The lowest BCUT2D eigenvalue weighted by molar-refractivity contribution is 0.794. The molecule has 0 aliphatic heterocycles. The van der Waals surface area contributed by atoms with Gasteiger partial charge in [0, 0.05) is 23.7 Å². The highest BCUT2D eigenvalue weighted by Crippen LogP contribution is 2.29. The van der Waals surface area contributed by atoms with Crippen LogP contribution in [0, 0.1) is 6.92 Å². The van der Waals surface area contributed by atoms with Gasteiger partial charge in [0.15, 0.2) is 11.0 Å². The van der Waals surface area contributed by atoms with Crippen LogP contribution >= 0.6 is 34.4 Å². The Labute approximate surface area is 158 Å². The van der Waals surface area contributed by atoms with Crippen molar-refractivity contribution in [3.05, 3.63) is 58.4 Å². The van der Waals surface area contributed by atoms with Gasteiger partial charge >= 0.3 is 0 Å². The van der Waals surface area contributed by atoms with E-state index in [2.05, 4.69) is 58.2 Å². The first-order chi connectivity index (χ1) is 12.2. The largest absolute Gasteiger partial charge is 0.304 e. The van der Waals surface area contributed by atoms with E-state index in [-0.39, 0.29) is 0 Å². The second-order valence-electron chi connectivity index (χ2n) is 5.64. The molecule has 4 aromatic rings. The Hall–Kier alpha value is -1.96. The van der Waals surface area contributed by atoms with E-state index in [1.54, 1.807) is 34.4 Å². The van der Waals surface area contributed by atoms with E-state index in [0.717, 1.165) is 32.3 Å². The summed E-state index contributed by atoms with van der Waals surface area (Å²) in [5, 5.41) is 14.8. The van der Waals surface area contributed by atoms with Crippen molar-refractivity contribution in [3.63, 3.8) is 0 Å². The summed E-state index contributed by atoms with van der Waals surface area (Å²) < 4.78 is 2.05. The fourth-order valence-electron chi connectivity index (χ4n) is 2.40. The van der Waals surface area contributed by atoms with Gasteiger partial charge in [-0.3, -0.25) is 0 Å². The van der Waals surface area contributed by atoms with E-state index in [9.17, 15) is 0 Å². The average molecular weight is 385 g/mol. The van der Waals surface area contributed by atoms with Gasteiger partial charge in [0.2, 0.25) is 0 Å². The fraction of sp³-hybridized carbons (Fsp3) is 0.167. The zero-order valence-corrected chi connectivity index (χ0v) is 16.3. The number of hydrogen-bond acceptors (Lipinski definition) is 6. The van der Waals surface area contributed by atoms with Gasteiger partial charge in [-0.15, -0.1) is 32.9 Å². The van der Waals surface area contributed by atoms with Crippen LogP contribution in [0.2, 0.25) is 0 Å². The summed E-state index contributed by atoms with van der Waals surface area (Å²) in [6, 6.07) is 12.6. The van der Waals surface area contributed by atoms with Gasteiger partial charge in [0.1, 0.15) is 5.01 Å². The molecule has 3 aromatic heterocycles. The Morgan fingerprint density at radius 1 is 1.08 bits per heavy atom. The van der Waals surface area contributed by atoms with Crippen molar-refractivity contribution >= 4 is 34.4 Å². The summed E-state index contributed by atoms with van der Waals surface area (Å²) in [4.78, 5) is 5.89. The standard InChI is InChI=1S/C18H16N4S3/c1-12-5-7-13(8-6-12)17-19-14(10-24-17)11-25-18-21-20-16(22(18)2)15-4-3-9-23-15/h3-10H,11H2,1-2H3. The summed E-state index contributed by atoms with van der Waals surface area (Å²) in [6.45, 7) is 2.10. The van der Waals surface area contributed by atoms with Gasteiger partial charge in [0.05, 0.1) is 10.6 Å². The number of hydrogen-bond donors (Lipinski definition) is 0. The summed E-state index contributed by atoms with van der Waals surface area (Å²) >= 11 is 5.03. The first-order valence-electron chi connectivity index (χ1n) is 7.78. The summed E-state index contributed by atoms with van der Waals surface area (Å²) in [5.41, 5.74) is 3.51. The summed E-state index contributed by atoms with van der Waals surface area (Å²) in [6.07, 6.45) is 0. The number of nitrogens with zero attached hydrogens (tertiary/aromatic N) is 4. The quantitative estimate of drug-likeness (QED) is 0.440. The van der Waals surface area contributed by atoms with Gasteiger partial charge < -0.3 is 4.57 Å². The molecule has 4 nitrogen and oxygen atoms in total. The number of aromatic nitrogens is 4. The SMILES string of the molecule is Cc1ccc(-c2nc(CSc3nnc(-c4cccs4)n3C)cs2)cc1. The highest BCUT2D eigenvalue weighted by atomic mass is 32.2. The van der Waals surface area contributed by atoms with Gasteiger partial charge in [-0.2, -0.15) is 0 Å². The van der Waals surface area contributed by atoms with Crippen molar-refractivity contribution in [2.45, 2.75) is 17.8 Å². The van der Waals surface area contributed by atoms with E-state index in [4.69, 9.17) is 4.98 Å². The lowest BCUT2D eigenvalue weighted by Gasteiger charge is -2.01. The molecule has 126 valence electrons. The molecule has 0 bridgehead atoms. The monoisotopic (exact) mass is 384 g/mol. The van der Waals surface area contributed by atoms with Crippen molar-refractivity contribution in [1.29, 1.82) is 0 Å². The third-order valence-electron chi connectivity index (χ3n) is 3.78. The zero-order valence-electron chi connectivity index (χ0n) is 13.8. The van der Waals surface area contributed by atoms with Crippen LogP contribution in [0.15, 0.2) is 52.3 Å². The molecule has 25 heavy (non-hydrogen) atoms. The minimum Gasteiger partial charge on any atom is -0.304 e. The van der Waals surface area contributed by atoms with E-state index in [0.29, 0.717) is 0 Å². The molecule has 0 N–H and O–H groups in total. The topological polar surface area (TPSA) is 43.6 Å².